The monoisotopic (exact) mass is 556 g/mol. The van der Waals surface area contributed by atoms with Gasteiger partial charge >= 0.3 is 12.2 Å². The van der Waals surface area contributed by atoms with Crippen LogP contribution in [0.2, 0.25) is 0 Å². The van der Waals surface area contributed by atoms with Crippen LogP contribution in [-0.2, 0) is 15.7 Å². The van der Waals surface area contributed by atoms with E-state index in [9.17, 15) is 18.0 Å². The van der Waals surface area contributed by atoms with Crippen LogP contribution in [0.5, 0.6) is 5.75 Å². The van der Waals surface area contributed by atoms with Crippen molar-refractivity contribution in [2.24, 2.45) is 0 Å². The highest BCUT2D eigenvalue weighted by Gasteiger charge is 2.41. The predicted octanol–water partition coefficient (Wildman–Crippen LogP) is 4.72. The van der Waals surface area contributed by atoms with E-state index in [0.717, 1.165) is 12.1 Å². The molecule has 3 aliphatic heterocycles. The molecule has 0 spiro atoms. The first-order chi connectivity index (χ1) is 19.1. The molecule has 2 saturated heterocycles. The van der Waals surface area contributed by atoms with E-state index in [4.69, 9.17) is 14.2 Å². The van der Waals surface area contributed by atoms with Gasteiger partial charge in [-0.3, -0.25) is 9.88 Å². The summed E-state index contributed by atoms with van der Waals surface area (Å²) < 4.78 is 57.0. The van der Waals surface area contributed by atoms with E-state index in [1.165, 1.54) is 24.5 Å². The van der Waals surface area contributed by atoms with Crippen LogP contribution in [0.1, 0.15) is 25.8 Å². The van der Waals surface area contributed by atoms with Gasteiger partial charge in [-0.2, -0.15) is 13.2 Å². The minimum Gasteiger partial charge on any atom is -0.489 e. The predicted molar refractivity (Wildman–Crippen MR) is 139 cm³/mol. The summed E-state index contributed by atoms with van der Waals surface area (Å²) >= 11 is 0. The van der Waals surface area contributed by atoms with Crippen molar-refractivity contribution >= 4 is 23.2 Å². The van der Waals surface area contributed by atoms with Crippen molar-refractivity contribution in [3.8, 4) is 17.1 Å². The number of benzene rings is 1. The number of nitrogens with zero attached hydrogens (tertiary/aromatic N) is 5. The van der Waals surface area contributed by atoms with Crippen molar-refractivity contribution in [3.63, 3.8) is 0 Å². The molecule has 5 heterocycles. The first kappa shape index (κ1) is 26.3. The number of nitrogens with one attached hydrogen (secondary N) is 1. The van der Waals surface area contributed by atoms with Crippen molar-refractivity contribution in [3.05, 3.63) is 54.5 Å². The zero-order chi connectivity index (χ0) is 28.1. The van der Waals surface area contributed by atoms with Crippen LogP contribution >= 0.6 is 0 Å². The van der Waals surface area contributed by atoms with Gasteiger partial charge in [0, 0.05) is 24.7 Å². The number of carbonyl (C=O) groups is 1. The van der Waals surface area contributed by atoms with E-state index in [-0.39, 0.29) is 30.1 Å². The number of aromatic nitrogens is 3. The summed E-state index contributed by atoms with van der Waals surface area (Å²) in [5, 5.41) is 2.87. The van der Waals surface area contributed by atoms with Gasteiger partial charge in [0.1, 0.15) is 18.5 Å². The third-order valence-electron chi connectivity index (χ3n) is 6.98. The largest absolute Gasteiger partial charge is 0.489 e. The van der Waals surface area contributed by atoms with Gasteiger partial charge in [-0.05, 0) is 32.4 Å². The molecule has 40 heavy (non-hydrogen) atoms. The van der Waals surface area contributed by atoms with Crippen molar-refractivity contribution in [1.29, 1.82) is 0 Å². The Kier molecular flexibility index (Phi) is 6.50. The van der Waals surface area contributed by atoms with Crippen LogP contribution in [0.25, 0.3) is 11.4 Å². The van der Waals surface area contributed by atoms with Crippen LogP contribution < -0.4 is 19.9 Å². The molecule has 1 aromatic carbocycles. The Balaban J connectivity index is 1.22. The molecule has 10 nitrogen and oxygen atoms in total. The van der Waals surface area contributed by atoms with Crippen molar-refractivity contribution in [1.82, 2.24) is 15.0 Å². The van der Waals surface area contributed by atoms with Gasteiger partial charge in [0.05, 0.1) is 48.2 Å². The number of pyridine rings is 1. The molecule has 2 bridgehead atoms. The standard InChI is InChI=1S/C27H27F3N6O4/c1-26(2)39-15-21(40-26)14-38-20-9-18(10-31-11-20)33-25(37)36-19-6-7-35(13-19)22-12-32-23(34-24(22)36)16-4-3-5-17(8-16)27(28,29)30/h3-5,8-12,19,21H,6-7,13-15H2,1-2H3,(H,33,37)/t19-,21+/m0/s1. The maximum atomic E-state index is 13.6. The van der Waals surface area contributed by atoms with Crippen LogP contribution in [0.4, 0.5) is 35.2 Å². The zero-order valence-electron chi connectivity index (χ0n) is 21.8. The van der Waals surface area contributed by atoms with Gasteiger partial charge < -0.3 is 24.4 Å². The van der Waals surface area contributed by atoms with Crippen LogP contribution in [0, 0.1) is 0 Å². The van der Waals surface area contributed by atoms with Gasteiger partial charge in [-0.25, -0.2) is 14.8 Å². The molecule has 0 saturated carbocycles. The second-order valence-corrected chi connectivity index (χ2v) is 10.3. The number of fused-ring (bicyclic) bond motifs is 4. The molecule has 0 aliphatic carbocycles. The molecule has 2 atom stereocenters. The highest BCUT2D eigenvalue weighted by atomic mass is 19.4. The smallest absolute Gasteiger partial charge is 0.416 e. The Morgan fingerprint density at radius 1 is 1.23 bits per heavy atom. The fourth-order valence-electron chi connectivity index (χ4n) is 5.13. The summed E-state index contributed by atoms with van der Waals surface area (Å²) in [6.07, 6.45) is 0.588. The SMILES string of the molecule is CC1(C)OC[C@@H](COc2cncc(NC(=O)N3c4nc(-c5cccc(C(F)(F)F)c5)ncc4N4CC[C@H]3C4)c2)O1. The van der Waals surface area contributed by atoms with Gasteiger partial charge in [-0.15, -0.1) is 0 Å². The Hall–Kier alpha value is -3.97. The lowest BCUT2D eigenvalue weighted by Gasteiger charge is -2.35. The van der Waals surface area contributed by atoms with Crippen molar-refractivity contribution < 1.29 is 32.2 Å². The molecule has 3 aliphatic rings. The number of halogens is 3. The molecular formula is C27H27F3N6O4. The molecule has 0 radical (unpaired) electrons. The third kappa shape index (κ3) is 5.26. The van der Waals surface area contributed by atoms with E-state index in [0.29, 0.717) is 49.1 Å². The molecule has 2 amide bonds. The van der Waals surface area contributed by atoms with Crippen molar-refractivity contribution in [2.75, 3.05) is 41.4 Å². The van der Waals surface area contributed by atoms with E-state index in [1.807, 2.05) is 13.8 Å². The summed E-state index contributed by atoms with van der Waals surface area (Å²) in [6, 6.07) is 5.89. The van der Waals surface area contributed by atoms with Crippen molar-refractivity contribution in [2.45, 2.75) is 44.4 Å². The number of rotatable bonds is 5. The zero-order valence-corrected chi connectivity index (χ0v) is 21.8. The number of urea groups is 1. The lowest BCUT2D eigenvalue weighted by Crippen LogP contribution is -2.48. The van der Waals surface area contributed by atoms with E-state index in [1.54, 1.807) is 17.2 Å². The minimum atomic E-state index is -4.50. The number of hydrogen-bond acceptors (Lipinski definition) is 8. The summed E-state index contributed by atoms with van der Waals surface area (Å²) in [5.41, 5.74) is 0.479. The normalized spacial score (nSPS) is 21.3. The highest BCUT2D eigenvalue weighted by Crippen LogP contribution is 2.40. The number of carbonyl (C=O) groups excluding carboxylic acids is 1. The molecule has 210 valence electrons. The molecule has 6 rings (SSSR count). The number of anilines is 3. The molecular weight excluding hydrogens is 529 g/mol. The van der Waals surface area contributed by atoms with Crippen LogP contribution in [-0.4, -0.2) is 65.2 Å². The van der Waals surface area contributed by atoms with Crippen LogP contribution in [0.15, 0.2) is 48.9 Å². The average molecular weight is 557 g/mol. The second kappa shape index (κ2) is 9.89. The van der Waals surface area contributed by atoms with E-state index >= 15 is 0 Å². The fraction of sp³-hybridized carbons (Fsp3) is 0.407. The number of ether oxygens (including phenoxy) is 3. The second-order valence-electron chi connectivity index (χ2n) is 10.3. The Labute approximate surface area is 228 Å². The maximum Gasteiger partial charge on any atom is 0.416 e. The lowest BCUT2D eigenvalue weighted by atomic mass is 10.1. The molecule has 2 fully saturated rings. The Morgan fingerprint density at radius 2 is 2.08 bits per heavy atom. The quantitative estimate of drug-likeness (QED) is 0.482. The summed E-state index contributed by atoms with van der Waals surface area (Å²) in [4.78, 5) is 30.3. The Bertz CT molecular complexity index is 1440. The van der Waals surface area contributed by atoms with Gasteiger partial charge in [0.2, 0.25) is 0 Å². The summed E-state index contributed by atoms with van der Waals surface area (Å²) in [7, 11) is 0. The van der Waals surface area contributed by atoms with Crippen LogP contribution in [0.3, 0.4) is 0 Å². The van der Waals surface area contributed by atoms with Gasteiger partial charge in [0.15, 0.2) is 17.4 Å². The molecule has 2 aromatic heterocycles. The number of amides is 2. The molecule has 1 N–H and O–H groups in total. The molecule has 13 heteroatoms. The first-order valence-electron chi connectivity index (χ1n) is 12.9. The average Bonchev–Trinajstić information content (AvgIpc) is 3.50. The Morgan fingerprint density at radius 3 is 2.85 bits per heavy atom. The maximum absolute atomic E-state index is 13.6. The summed E-state index contributed by atoms with van der Waals surface area (Å²) in [5.74, 6) is 0.234. The van der Waals surface area contributed by atoms with Gasteiger partial charge in [0.25, 0.3) is 0 Å². The minimum absolute atomic E-state index is 0.100. The number of hydrogen-bond donors (Lipinski definition) is 1. The van der Waals surface area contributed by atoms with E-state index < -0.39 is 23.6 Å². The third-order valence-corrected chi connectivity index (χ3v) is 6.98. The highest BCUT2D eigenvalue weighted by molar-refractivity contribution is 6.04. The fourth-order valence-corrected chi connectivity index (χ4v) is 5.13. The van der Waals surface area contributed by atoms with E-state index in [2.05, 4.69) is 25.2 Å². The number of alkyl halides is 3. The first-order valence-corrected chi connectivity index (χ1v) is 12.9. The lowest BCUT2D eigenvalue weighted by molar-refractivity contribution is -0.141. The topological polar surface area (TPSA) is 102 Å². The molecule has 0 unspecified atom stereocenters. The molecule has 3 aromatic rings. The van der Waals surface area contributed by atoms with Gasteiger partial charge in [-0.1, -0.05) is 12.1 Å². The summed E-state index contributed by atoms with van der Waals surface area (Å²) in [6.45, 7) is 5.65.